The average molecular weight is 330 g/mol. The molecule has 1 aromatic carbocycles. The SMILES string of the molecule is C[C@@H]1CCCC[C@H]1NC(=O)c1cccc(OCc2cscn2)c1. The zero-order valence-electron chi connectivity index (χ0n) is 13.3. The first-order valence-corrected chi connectivity index (χ1v) is 9.07. The Morgan fingerprint density at radius 1 is 1.39 bits per heavy atom. The molecule has 122 valence electrons. The monoisotopic (exact) mass is 330 g/mol. The lowest BCUT2D eigenvalue weighted by atomic mass is 9.86. The van der Waals surface area contributed by atoms with Crippen LogP contribution in [-0.2, 0) is 6.61 Å². The van der Waals surface area contributed by atoms with E-state index < -0.39 is 0 Å². The minimum absolute atomic E-state index is 0.0112. The van der Waals surface area contributed by atoms with Gasteiger partial charge in [-0.2, -0.15) is 0 Å². The molecular weight excluding hydrogens is 308 g/mol. The lowest BCUT2D eigenvalue weighted by molar-refractivity contribution is 0.0910. The van der Waals surface area contributed by atoms with E-state index in [2.05, 4.69) is 17.2 Å². The van der Waals surface area contributed by atoms with Crippen molar-refractivity contribution in [3.05, 3.63) is 46.4 Å². The number of amides is 1. The molecule has 1 N–H and O–H groups in total. The third-order valence-electron chi connectivity index (χ3n) is 4.39. The predicted molar refractivity (Wildman–Crippen MR) is 91.8 cm³/mol. The van der Waals surface area contributed by atoms with Gasteiger partial charge in [0.1, 0.15) is 12.4 Å². The Kier molecular flexibility index (Phi) is 5.28. The van der Waals surface area contributed by atoms with Gasteiger partial charge in [-0.3, -0.25) is 4.79 Å². The van der Waals surface area contributed by atoms with E-state index in [0.29, 0.717) is 23.8 Å². The quantitative estimate of drug-likeness (QED) is 0.900. The summed E-state index contributed by atoms with van der Waals surface area (Å²) in [5.41, 5.74) is 3.34. The van der Waals surface area contributed by atoms with Gasteiger partial charge < -0.3 is 10.1 Å². The molecule has 1 amide bonds. The summed E-state index contributed by atoms with van der Waals surface area (Å²) in [6.45, 7) is 2.64. The molecule has 0 unspecified atom stereocenters. The molecule has 0 spiro atoms. The molecule has 5 heteroatoms. The highest BCUT2D eigenvalue weighted by molar-refractivity contribution is 7.07. The first-order valence-electron chi connectivity index (χ1n) is 8.13. The van der Waals surface area contributed by atoms with E-state index in [9.17, 15) is 4.79 Å². The van der Waals surface area contributed by atoms with Crippen molar-refractivity contribution in [3.63, 3.8) is 0 Å². The highest BCUT2D eigenvalue weighted by atomic mass is 32.1. The van der Waals surface area contributed by atoms with E-state index in [4.69, 9.17) is 4.74 Å². The summed E-state index contributed by atoms with van der Waals surface area (Å²) in [4.78, 5) is 16.7. The minimum atomic E-state index is -0.0112. The van der Waals surface area contributed by atoms with E-state index in [-0.39, 0.29) is 11.9 Å². The van der Waals surface area contributed by atoms with Gasteiger partial charge in [-0.1, -0.05) is 25.8 Å². The maximum absolute atomic E-state index is 12.5. The molecule has 1 fully saturated rings. The topological polar surface area (TPSA) is 51.2 Å². The van der Waals surface area contributed by atoms with Crippen LogP contribution in [0.1, 0.15) is 48.7 Å². The second kappa shape index (κ2) is 7.59. The van der Waals surface area contributed by atoms with Crippen LogP contribution in [0.25, 0.3) is 0 Å². The number of thiazole rings is 1. The number of hydrogen-bond acceptors (Lipinski definition) is 4. The molecule has 3 rings (SSSR count). The Morgan fingerprint density at radius 2 is 2.26 bits per heavy atom. The highest BCUT2D eigenvalue weighted by Crippen LogP contribution is 2.24. The van der Waals surface area contributed by atoms with Gasteiger partial charge in [-0.25, -0.2) is 4.98 Å². The number of carbonyl (C=O) groups is 1. The lowest BCUT2D eigenvalue weighted by Crippen LogP contribution is -2.41. The van der Waals surface area contributed by atoms with Crippen LogP contribution in [0.5, 0.6) is 5.75 Å². The molecular formula is C18H22N2O2S. The van der Waals surface area contributed by atoms with Crippen LogP contribution in [0.2, 0.25) is 0 Å². The summed E-state index contributed by atoms with van der Waals surface area (Å²) in [6, 6.07) is 7.64. The third kappa shape index (κ3) is 4.32. The van der Waals surface area contributed by atoms with Crippen LogP contribution in [0.3, 0.4) is 0 Å². The van der Waals surface area contributed by atoms with Crippen LogP contribution in [0.4, 0.5) is 0 Å². The van der Waals surface area contributed by atoms with Gasteiger partial charge in [-0.15, -0.1) is 11.3 Å². The van der Waals surface area contributed by atoms with Crippen molar-refractivity contribution in [1.29, 1.82) is 0 Å². The maximum Gasteiger partial charge on any atom is 0.251 e. The van der Waals surface area contributed by atoms with Crippen molar-refractivity contribution in [3.8, 4) is 5.75 Å². The molecule has 0 bridgehead atoms. The molecule has 0 saturated heterocycles. The second-order valence-corrected chi connectivity index (χ2v) is 6.86. The van der Waals surface area contributed by atoms with Crippen molar-refractivity contribution in [1.82, 2.24) is 10.3 Å². The molecule has 1 aliphatic rings. The van der Waals surface area contributed by atoms with E-state index in [1.807, 2.05) is 23.6 Å². The Labute approximate surface area is 140 Å². The Hall–Kier alpha value is -1.88. The van der Waals surface area contributed by atoms with Gasteiger partial charge in [-0.05, 0) is 37.0 Å². The first-order chi connectivity index (χ1) is 11.2. The average Bonchev–Trinajstić information content (AvgIpc) is 3.09. The lowest BCUT2D eigenvalue weighted by Gasteiger charge is -2.29. The number of ether oxygens (including phenoxy) is 1. The van der Waals surface area contributed by atoms with Crippen LogP contribution in [-0.4, -0.2) is 16.9 Å². The fourth-order valence-electron chi connectivity index (χ4n) is 2.98. The van der Waals surface area contributed by atoms with Crippen molar-refractivity contribution in [2.24, 2.45) is 5.92 Å². The molecule has 1 heterocycles. The fraction of sp³-hybridized carbons (Fsp3) is 0.444. The molecule has 1 aromatic heterocycles. The van der Waals surface area contributed by atoms with Gasteiger partial charge in [0.25, 0.3) is 5.91 Å². The van der Waals surface area contributed by atoms with Gasteiger partial charge >= 0.3 is 0 Å². The van der Waals surface area contributed by atoms with Gasteiger partial charge in [0, 0.05) is 17.0 Å². The molecule has 1 saturated carbocycles. The summed E-state index contributed by atoms with van der Waals surface area (Å²) >= 11 is 1.55. The Morgan fingerprint density at radius 3 is 3.04 bits per heavy atom. The summed E-state index contributed by atoms with van der Waals surface area (Å²) < 4.78 is 5.72. The van der Waals surface area contributed by atoms with Crippen molar-refractivity contribution in [2.75, 3.05) is 0 Å². The Balaban J connectivity index is 1.60. The molecule has 2 atom stereocenters. The number of carbonyl (C=O) groups excluding carboxylic acids is 1. The summed E-state index contributed by atoms with van der Waals surface area (Å²) in [7, 11) is 0. The van der Waals surface area contributed by atoms with Gasteiger partial charge in [0.15, 0.2) is 0 Å². The highest BCUT2D eigenvalue weighted by Gasteiger charge is 2.23. The van der Waals surface area contributed by atoms with Crippen LogP contribution in [0.15, 0.2) is 35.2 Å². The number of hydrogen-bond donors (Lipinski definition) is 1. The molecule has 1 aliphatic carbocycles. The molecule has 0 radical (unpaired) electrons. The molecule has 23 heavy (non-hydrogen) atoms. The molecule has 0 aliphatic heterocycles. The van der Waals surface area contributed by atoms with Crippen molar-refractivity contribution >= 4 is 17.2 Å². The van der Waals surface area contributed by atoms with Crippen molar-refractivity contribution < 1.29 is 9.53 Å². The summed E-state index contributed by atoms with van der Waals surface area (Å²) in [5, 5.41) is 5.14. The fourth-order valence-corrected chi connectivity index (χ4v) is 3.52. The first kappa shape index (κ1) is 16.0. The Bertz CT molecular complexity index is 642. The normalized spacial score (nSPS) is 20.9. The second-order valence-electron chi connectivity index (χ2n) is 6.14. The largest absolute Gasteiger partial charge is 0.487 e. The number of aromatic nitrogens is 1. The number of rotatable bonds is 5. The van der Waals surface area contributed by atoms with Crippen LogP contribution in [0, 0.1) is 5.92 Å². The number of nitrogens with one attached hydrogen (secondary N) is 1. The summed E-state index contributed by atoms with van der Waals surface area (Å²) in [5.74, 6) is 1.24. The van der Waals surface area contributed by atoms with Crippen LogP contribution >= 0.6 is 11.3 Å². The van der Waals surface area contributed by atoms with Gasteiger partial charge in [0.2, 0.25) is 0 Å². The van der Waals surface area contributed by atoms with E-state index in [1.54, 1.807) is 22.9 Å². The summed E-state index contributed by atoms with van der Waals surface area (Å²) in [6.07, 6.45) is 4.74. The standard InChI is InChI=1S/C18H22N2O2S/c1-13-5-2-3-8-17(13)20-18(21)14-6-4-7-16(9-14)22-10-15-11-23-12-19-15/h4,6-7,9,11-13,17H,2-3,5,8,10H2,1H3,(H,20,21)/t13-,17-/m1/s1. The van der Waals surface area contributed by atoms with E-state index in [0.717, 1.165) is 12.1 Å². The van der Waals surface area contributed by atoms with Crippen LogP contribution < -0.4 is 10.1 Å². The van der Waals surface area contributed by atoms with Crippen molar-refractivity contribution in [2.45, 2.75) is 45.3 Å². The smallest absolute Gasteiger partial charge is 0.251 e. The van der Waals surface area contributed by atoms with Gasteiger partial charge in [0.05, 0.1) is 11.2 Å². The third-order valence-corrected chi connectivity index (χ3v) is 5.03. The predicted octanol–water partition coefficient (Wildman–Crippen LogP) is 4.03. The molecule has 4 nitrogen and oxygen atoms in total. The minimum Gasteiger partial charge on any atom is -0.487 e. The van der Waals surface area contributed by atoms with E-state index in [1.165, 1.54) is 19.3 Å². The maximum atomic E-state index is 12.5. The number of benzene rings is 1. The molecule has 2 aromatic rings. The zero-order chi connectivity index (χ0) is 16.1. The number of nitrogens with zero attached hydrogens (tertiary/aromatic N) is 1. The zero-order valence-corrected chi connectivity index (χ0v) is 14.1. The van der Waals surface area contributed by atoms with E-state index >= 15 is 0 Å².